The second-order valence-electron chi connectivity index (χ2n) is 4.18. The molecule has 15 heavy (non-hydrogen) atoms. The quantitative estimate of drug-likeness (QED) is 0.737. The topological polar surface area (TPSA) is 18.5 Å². The summed E-state index contributed by atoms with van der Waals surface area (Å²) < 4.78 is 11.0. The second-order valence-corrected chi connectivity index (χ2v) is 4.18. The monoisotopic (exact) mass is 204 g/mol. The summed E-state index contributed by atoms with van der Waals surface area (Å²) in [7, 11) is 1.66. The Hall–Kier alpha value is -1.12. The zero-order chi connectivity index (χ0) is 10.9. The number of rotatable bonds is 2. The summed E-state index contributed by atoms with van der Waals surface area (Å²) in [5, 5.41) is 0. The van der Waals surface area contributed by atoms with Crippen LogP contribution in [0.1, 0.15) is 19.4 Å². The fourth-order valence-corrected chi connectivity index (χ4v) is 1.90. The van der Waals surface area contributed by atoms with Crippen molar-refractivity contribution in [2.75, 3.05) is 7.11 Å². The van der Waals surface area contributed by atoms with Gasteiger partial charge in [0.1, 0.15) is 0 Å². The van der Waals surface area contributed by atoms with E-state index in [1.165, 1.54) is 11.1 Å². The van der Waals surface area contributed by atoms with Gasteiger partial charge < -0.3 is 9.47 Å². The highest BCUT2D eigenvalue weighted by Gasteiger charge is 2.34. The van der Waals surface area contributed by atoms with Crippen LogP contribution in [0.5, 0.6) is 0 Å². The normalized spacial score (nSPS) is 23.9. The minimum atomic E-state index is -0.276. The molecule has 1 aromatic rings. The van der Waals surface area contributed by atoms with Crippen molar-refractivity contribution in [3.63, 3.8) is 0 Å². The third-order valence-electron chi connectivity index (χ3n) is 2.68. The van der Waals surface area contributed by atoms with Gasteiger partial charge in [-0.15, -0.1) is 0 Å². The van der Waals surface area contributed by atoms with Crippen molar-refractivity contribution in [1.29, 1.82) is 0 Å². The number of ether oxygens (including phenoxy) is 2. The molecule has 1 aliphatic rings. The average Bonchev–Trinajstić information content (AvgIpc) is 2.55. The highest BCUT2D eigenvalue weighted by Crippen LogP contribution is 2.37. The standard InChI is InChI=1S/C13H16O2/c1-13(2)11(9-12(14-3)15-13)10-7-5-4-6-8-10/h4-9,12H,1-3H3. The molecule has 0 saturated heterocycles. The number of methoxy groups -OCH3 is 1. The number of benzene rings is 1. The fourth-order valence-electron chi connectivity index (χ4n) is 1.90. The zero-order valence-electron chi connectivity index (χ0n) is 9.36. The smallest absolute Gasteiger partial charge is 0.178 e. The predicted octanol–water partition coefficient (Wildman–Crippen LogP) is 2.85. The van der Waals surface area contributed by atoms with Crippen LogP contribution >= 0.6 is 0 Å². The zero-order valence-corrected chi connectivity index (χ0v) is 9.36. The predicted molar refractivity (Wildman–Crippen MR) is 60.4 cm³/mol. The summed E-state index contributed by atoms with van der Waals surface area (Å²) in [6, 6.07) is 10.3. The summed E-state index contributed by atoms with van der Waals surface area (Å²) in [5.41, 5.74) is 2.11. The summed E-state index contributed by atoms with van der Waals surface area (Å²) in [4.78, 5) is 0. The van der Waals surface area contributed by atoms with Gasteiger partial charge in [0.05, 0.1) is 5.60 Å². The molecule has 2 rings (SSSR count). The molecule has 2 nitrogen and oxygen atoms in total. The molecule has 80 valence electrons. The summed E-state index contributed by atoms with van der Waals surface area (Å²) in [6.07, 6.45) is 1.81. The number of hydrogen-bond acceptors (Lipinski definition) is 2. The lowest BCUT2D eigenvalue weighted by Gasteiger charge is -2.23. The van der Waals surface area contributed by atoms with E-state index in [9.17, 15) is 0 Å². The van der Waals surface area contributed by atoms with Crippen molar-refractivity contribution in [1.82, 2.24) is 0 Å². The van der Waals surface area contributed by atoms with E-state index in [1.807, 2.05) is 24.3 Å². The molecule has 0 saturated carbocycles. The molecule has 0 aromatic heterocycles. The van der Waals surface area contributed by atoms with Crippen molar-refractivity contribution in [2.24, 2.45) is 0 Å². The Morgan fingerprint density at radius 2 is 1.87 bits per heavy atom. The van der Waals surface area contributed by atoms with E-state index in [1.54, 1.807) is 7.11 Å². The van der Waals surface area contributed by atoms with Crippen LogP contribution in [0.4, 0.5) is 0 Å². The molecule has 0 spiro atoms. The molecule has 0 fully saturated rings. The molecular formula is C13H16O2. The van der Waals surface area contributed by atoms with Gasteiger partial charge >= 0.3 is 0 Å². The minimum absolute atomic E-state index is 0.227. The molecule has 0 bridgehead atoms. The van der Waals surface area contributed by atoms with Crippen LogP contribution in [0.25, 0.3) is 5.57 Å². The SMILES string of the molecule is COC1C=C(c2ccccc2)C(C)(C)O1. The Balaban J connectivity index is 2.36. The van der Waals surface area contributed by atoms with Crippen molar-refractivity contribution < 1.29 is 9.47 Å². The maximum Gasteiger partial charge on any atom is 0.178 e. The van der Waals surface area contributed by atoms with E-state index in [2.05, 4.69) is 26.0 Å². The van der Waals surface area contributed by atoms with Crippen molar-refractivity contribution >= 4 is 5.57 Å². The van der Waals surface area contributed by atoms with Crippen LogP contribution in [0.2, 0.25) is 0 Å². The molecule has 0 aliphatic carbocycles. The maximum atomic E-state index is 5.75. The lowest BCUT2D eigenvalue weighted by Crippen LogP contribution is -2.24. The molecule has 0 N–H and O–H groups in total. The van der Waals surface area contributed by atoms with Gasteiger partial charge in [0.15, 0.2) is 6.29 Å². The Kier molecular flexibility index (Phi) is 2.63. The van der Waals surface area contributed by atoms with Gasteiger partial charge in [-0.05, 0) is 31.1 Å². The molecule has 1 aromatic carbocycles. The Morgan fingerprint density at radius 3 is 2.40 bits per heavy atom. The van der Waals surface area contributed by atoms with E-state index >= 15 is 0 Å². The molecule has 1 atom stereocenters. The Labute approximate surface area is 90.5 Å². The van der Waals surface area contributed by atoms with Gasteiger partial charge in [0.25, 0.3) is 0 Å². The van der Waals surface area contributed by atoms with Crippen molar-refractivity contribution in [2.45, 2.75) is 25.7 Å². The van der Waals surface area contributed by atoms with E-state index in [-0.39, 0.29) is 11.9 Å². The Bertz CT molecular complexity index is 365. The van der Waals surface area contributed by atoms with Crippen LogP contribution in [-0.2, 0) is 9.47 Å². The van der Waals surface area contributed by atoms with E-state index < -0.39 is 0 Å². The first-order valence-electron chi connectivity index (χ1n) is 5.12. The van der Waals surface area contributed by atoms with Crippen molar-refractivity contribution in [3.05, 3.63) is 42.0 Å². The molecule has 0 amide bonds. The van der Waals surface area contributed by atoms with E-state index in [0.717, 1.165) is 0 Å². The maximum absolute atomic E-state index is 5.75. The molecule has 2 heteroatoms. The average molecular weight is 204 g/mol. The third kappa shape index (κ3) is 1.96. The van der Waals surface area contributed by atoms with Crippen LogP contribution in [-0.4, -0.2) is 19.0 Å². The van der Waals surface area contributed by atoms with Gasteiger partial charge in [-0.25, -0.2) is 0 Å². The highest BCUT2D eigenvalue weighted by atomic mass is 16.7. The summed E-state index contributed by atoms with van der Waals surface area (Å²) in [6.45, 7) is 4.12. The van der Waals surface area contributed by atoms with Crippen LogP contribution in [0.3, 0.4) is 0 Å². The lowest BCUT2D eigenvalue weighted by atomic mass is 9.92. The summed E-state index contributed by atoms with van der Waals surface area (Å²) >= 11 is 0. The van der Waals surface area contributed by atoms with Crippen molar-refractivity contribution in [3.8, 4) is 0 Å². The largest absolute Gasteiger partial charge is 0.352 e. The molecule has 1 unspecified atom stereocenters. The van der Waals surface area contributed by atoms with E-state index in [4.69, 9.17) is 9.47 Å². The second kappa shape index (κ2) is 3.80. The highest BCUT2D eigenvalue weighted by molar-refractivity contribution is 5.73. The fraction of sp³-hybridized carbons (Fsp3) is 0.385. The minimum Gasteiger partial charge on any atom is -0.352 e. The lowest BCUT2D eigenvalue weighted by molar-refractivity contribution is -0.125. The van der Waals surface area contributed by atoms with E-state index in [0.29, 0.717) is 0 Å². The first-order valence-corrected chi connectivity index (χ1v) is 5.12. The molecule has 1 aliphatic heterocycles. The van der Waals surface area contributed by atoms with Gasteiger partial charge in [0, 0.05) is 7.11 Å². The summed E-state index contributed by atoms with van der Waals surface area (Å²) in [5.74, 6) is 0. The van der Waals surface area contributed by atoms with Gasteiger partial charge in [-0.1, -0.05) is 30.3 Å². The van der Waals surface area contributed by atoms with Crippen LogP contribution < -0.4 is 0 Å². The third-order valence-corrected chi connectivity index (χ3v) is 2.68. The van der Waals surface area contributed by atoms with Crippen LogP contribution in [0.15, 0.2) is 36.4 Å². The first kappa shape index (κ1) is 10.4. The molecular weight excluding hydrogens is 188 g/mol. The van der Waals surface area contributed by atoms with Crippen LogP contribution in [0, 0.1) is 0 Å². The number of hydrogen-bond donors (Lipinski definition) is 0. The Morgan fingerprint density at radius 1 is 1.20 bits per heavy atom. The van der Waals surface area contributed by atoms with Gasteiger partial charge in [0.2, 0.25) is 0 Å². The molecule has 1 heterocycles. The van der Waals surface area contributed by atoms with Gasteiger partial charge in [-0.2, -0.15) is 0 Å². The van der Waals surface area contributed by atoms with Gasteiger partial charge in [-0.3, -0.25) is 0 Å². The first-order chi connectivity index (χ1) is 7.13. The molecule has 0 radical (unpaired) electrons.